The van der Waals surface area contributed by atoms with Crippen LogP contribution in [0.1, 0.15) is 28.8 Å². The maximum absolute atomic E-state index is 13.2. The highest BCUT2D eigenvalue weighted by molar-refractivity contribution is 5.76. The summed E-state index contributed by atoms with van der Waals surface area (Å²) in [4.78, 5) is 36.1. The van der Waals surface area contributed by atoms with Gasteiger partial charge in [0.25, 0.3) is 11.3 Å². The van der Waals surface area contributed by atoms with Gasteiger partial charge in [0.2, 0.25) is 5.91 Å². The molecule has 158 valence electrons. The van der Waals surface area contributed by atoms with Gasteiger partial charge in [0.15, 0.2) is 0 Å². The number of fused-ring (bicyclic) bond motifs is 1. The fraction of sp³-hybridized carbons (Fsp3) is 0.250. The number of aryl methyl sites for hydroxylation is 1. The highest BCUT2D eigenvalue weighted by Gasteiger charge is 2.17. The second-order valence-electron chi connectivity index (χ2n) is 7.54. The largest absolute Gasteiger partial charge is 0.338 e. The molecule has 0 atom stereocenters. The molecule has 0 saturated carbocycles. The van der Waals surface area contributed by atoms with Gasteiger partial charge in [0, 0.05) is 25.1 Å². The zero-order valence-corrected chi connectivity index (χ0v) is 17.5. The first-order valence-corrected chi connectivity index (χ1v) is 10.4. The summed E-state index contributed by atoms with van der Waals surface area (Å²) in [6, 6.07) is 20.1. The third kappa shape index (κ3) is 4.88. The van der Waals surface area contributed by atoms with E-state index in [1.807, 2.05) is 53.4 Å². The van der Waals surface area contributed by atoms with Crippen LogP contribution in [-0.4, -0.2) is 36.9 Å². The van der Waals surface area contributed by atoms with Crippen molar-refractivity contribution in [2.24, 2.45) is 0 Å². The second-order valence-corrected chi connectivity index (χ2v) is 7.54. The Hall–Kier alpha value is -3.74. The molecule has 7 heteroatoms. The second kappa shape index (κ2) is 9.38. The number of aromatic nitrogens is 4. The summed E-state index contributed by atoms with van der Waals surface area (Å²) < 4.78 is 1.31. The van der Waals surface area contributed by atoms with Crippen molar-refractivity contribution >= 4 is 11.7 Å². The van der Waals surface area contributed by atoms with Crippen LogP contribution in [0.5, 0.6) is 0 Å². The Morgan fingerprint density at radius 1 is 1.00 bits per heavy atom. The summed E-state index contributed by atoms with van der Waals surface area (Å²) in [7, 11) is 0. The molecule has 0 aliphatic rings. The minimum absolute atomic E-state index is 0.0216. The number of amides is 1. The van der Waals surface area contributed by atoms with Crippen LogP contribution in [-0.2, 0) is 24.2 Å². The topological polar surface area (TPSA) is 83.4 Å². The highest BCUT2D eigenvalue weighted by Crippen LogP contribution is 2.11. The van der Waals surface area contributed by atoms with E-state index >= 15 is 0 Å². The van der Waals surface area contributed by atoms with Gasteiger partial charge >= 0.3 is 0 Å². The first-order chi connectivity index (χ1) is 15.1. The summed E-state index contributed by atoms with van der Waals surface area (Å²) >= 11 is 0. The molecule has 0 aliphatic carbocycles. The maximum Gasteiger partial charge on any atom is 0.277 e. The van der Waals surface area contributed by atoms with Crippen LogP contribution in [0.25, 0.3) is 5.78 Å². The third-order valence-electron chi connectivity index (χ3n) is 5.40. The standard InChI is InChI=1S/C24H25N5O2/c1-18-21(23(31)29-24(27-18)25-17-26-29)12-13-22(30)28(16-20-10-6-3-7-11-20)15-14-19-8-4-2-5-9-19/h2-11,17H,12-16H2,1H3,(H,25,26,27). The van der Waals surface area contributed by atoms with Crippen molar-refractivity contribution in [2.75, 3.05) is 6.54 Å². The lowest BCUT2D eigenvalue weighted by Gasteiger charge is -2.23. The van der Waals surface area contributed by atoms with Gasteiger partial charge in [-0.1, -0.05) is 60.7 Å². The molecule has 31 heavy (non-hydrogen) atoms. The van der Waals surface area contributed by atoms with E-state index in [-0.39, 0.29) is 17.9 Å². The van der Waals surface area contributed by atoms with Crippen molar-refractivity contribution in [3.05, 3.63) is 99.7 Å². The minimum Gasteiger partial charge on any atom is -0.338 e. The van der Waals surface area contributed by atoms with Crippen molar-refractivity contribution in [3.8, 4) is 0 Å². The molecule has 0 unspecified atom stereocenters. The highest BCUT2D eigenvalue weighted by atomic mass is 16.2. The molecule has 0 aliphatic heterocycles. The molecule has 0 spiro atoms. The molecule has 2 heterocycles. The average molecular weight is 415 g/mol. The number of hydrogen-bond donors (Lipinski definition) is 1. The van der Waals surface area contributed by atoms with Crippen LogP contribution in [0.3, 0.4) is 0 Å². The number of carbonyl (C=O) groups is 1. The van der Waals surface area contributed by atoms with Gasteiger partial charge in [-0.2, -0.15) is 4.52 Å². The molecule has 1 N–H and O–H groups in total. The summed E-state index contributed by atoms with van der Waals surface area (Å²) in [5.41, 5.74) is 3.23. The van der Waals surface area contributed by atoms with E-state index < -0.39 is 0 Å². The first-order valence-electron chi connectivity index (χ1n) is 10.4. The molecular weight excluding hydrogens is 390 g/mol. The van der Waals surface area contributed by atoms with Crippen molar-refractivity contribution < 1.29 is 4.79 Å². The van der Waals surface area contributed by atoms with Gasteiger partial charge in [-0.3, -0.25) is 14.7 Å². The van der Waals surface area contributed by atoms with Crippen LogP contribution in [0, 0.1) is 6.92 Å². The Labute approximate surface area is 180 Å². The van der Waals surface area contributed by atoms with Crippen LogP contribution >= 0.6 is 0 Å². The van der Waals surface area contributed by atoms with Gasteiger partial charge in [-0.05, 0) is 30.9 Å². The van der Waals surface area contributed by atoms with E-state index in [1.54, 1.807) is 6.92 Å². The quantitative estimate of drug-likeness (QED) is 0.480. The van der Waals surface area contributed by atoms with E-state index in [2.05, 4.69) is 27.2 Å². The molecule has 2 aromatic carbocycles. The van der Waals surface area contributed by atoms with Gasteiger partial charge in [0.1, 0.15) is 6.33 Å². The van der Waals surface area contributed by atoms with Gasteiger partial charge in [-0.15, -0.1) is 0 Å². The first kappa shape index (κ1) is 20.5. The lowest BCUT2D eigenvalue weighted by molar-refractivity contribution is -0.131. The van der Waals surface area contributed by atoms with Crippen molar-refractivity contribution in [3.63, 3.8) is 0 Å². The van der Waals surface area contributed by atoms with E-state index in [1.165, 1.54) is 16.4 Å². The molecule has 1 amide bonds. The number of nitrogens with one attached hydrogen (secondary N) is 1. The summed E-state index contributed by atoms with van der Waals surface area (Å²) in [5, 5.41) is 2.77. The molecule has 0 bridgehead atoms. The SMILES string of the molecule is Cc1nc2nc[nH]n2c(=O)c1CCC(=O)N(CCc1ccccc1)Cc1ccccc1. The van der Waals surface area contributed by atoms with E-state index in [9.17, 15) is 9.59 Å². The molecule has 0 fully saturated rings. The summed E-state index contributed by atoms with van der Waals surface area (Å²) in [6.07, 6.45) is 2.81. The average Bonchev–Trinajstić information content (AvgIpc) is 3.26. The molecular formula is C24H25N5O2. The zero-order valence-electron chi connectivity index (χ0n) is 17.5. The Kier molecular flexibility index (Phi) is 6.21. The van der Waals surface area contributed by atoms with Crippen molar-refractivity contribution in [1.29, 1.82) is 0 Å². The van der Waals surface area contributed by atoms with Crippen molar-refractivity contribution in [2.45, 2.75) is 32.7 Å². The van der Waals surface area contributed by atoms with Gasteiger partial charge in [-0.25, -0.2) is 9.97 Å². The number of aromatic amines is 1. The maximum atomic E-state index is 13.2. The Bertz CT molecular complexity index is 1220. The zero-order chi connectivity index (χ0) is 21.6. The Morgan fingerprint density at radius 3 is 2.39 bits per heavy atom. The lowest BCUT2D eigenvalue weighted by Crippen LogP contribution is -2.33. The number of benzene rings is 2. The molecule has 0 saturated heterocycles. The predicted molar refractivity (Wildman–Crippen MR) is 119 cm³/mol. The van der Waals surface area contributed by atoms with Crippen LogP contribution in [0.2, 0.25) is 0 Å². The molecule has 4 rings (SSSR count). The molecule has 7 nitrogen and oxygen atoms in total. The van der Waals surface area contributed by atoms with Crippen LogP contribution < -0.4 is 5.56 Å². The minimum atomic E-state index is -0.202. The Balaban J connectivity index is 1.49. The van der Waals surface area contributed by atoms with Crippen LogP contribution in [0.15, 0.2) is 71.8 Å². The van der Waals surface area contributed by atoms with Crippen molar-refractivity contribution in [1.82, 2.24) is 24.5 Å². The number of carbonyl (C=O) groups excluding carboxylic acids is 1. The normalized spacial score (nSPS) is 11.0. The molecule has 4 aromatic rings. The van der Waals surface area contributed by atoms with E-state index in [0.717, 1.165) is 12.0 Å². The number of H-pyrrole nitrogens is 1. The number of nitrogens with zero attached hydrogens (tertiary/aromatic N) is 4. The Morgan fingerprint density at radius 2 is 1.68 bits per heavy atom. The number of hydrogen-bond acceptors (Lipinski definition) is 4. The monoisotopic (exact) mass is 415 g/mol. The molecule has 0 radical (unpaired) electrons. The predicted octanol–water partition coefficient (Wildman–Crippen LogP) is 2.93. The van der Waals surface area contributed by atoms with Gasteiger partial charge < -0.3 is 4.90 Å². The van der Waals surface area contributed by atoms with E-state index in [4.69, 9.17) is 0 Å². The number of rotatable bonds is 8. The smallest absolute Gasteiger partial charge is 0.277 e. The van der Waals surface area contributed by atoms with Gasteiger partial charge in [0.05, 0.1) is 5.69 Å². The van der Waals surface area contributed by atoms with Crippen LogP contribution in [0.4, 0.5) is 0 Å². The fourth-order valence-corrected chi connectivity index (χ4v) is 3.68. The fourth-order valence-electron chi connectivity index (χ4n) is 3.68. The lowest BCUT2D eigenvalue weighted by atomic mass is 10.1. The summed E-state index contributed by atoms with van der Waals surface area (Å²) in [5.74, 6) is 0.361. The third-order valence-corrected chi connectivity index (χ3v) is 5.40. The summed E-state index contributed by atoms with van der Waals surface area (Å²) in [6.45, 7) is 2.95. The van der Waals surface area contributed by atoms with E-state index in [0.29, 0.717) is 36.5 Å². The molecule has 2 aromatic heterocycles.